The van der Waals surface area contributed by atoms with Crippen LogP contribution in [0.15, 0.2) is 18.2 Å². The maximum Gasteiger partial charge on any atom is 0.316 e. The van der Waals surface area contributed by atoms with Crippen molar-refractivity contribution in [2.24, 2.45) is 0 Å². The van der Waals surface area contributed by atoms with Gasteiger partial charge in [-0.2, -0.15) is 0 Å². The Morgan fingerprint density at radius 3 is 2.53 bits per heavy atom. The van der Waals surface area contributed by atoms with Crippen molar-refractivity contribution in [2.75, 3.05) is 6.61 Å². The highest BCUT2D eigenvalue weighted by Crippen LogP contribution is 2.26. The standard InChI is InChI=1S/C10H10F2O3/c1-10(5-13,9(14)15)7-4-6(11)2-3-8(7)12/h2-4,13H,5H2,1H3,(H,14,15). The van der Waals surface area contributed by atoms with Crippen LogP contribution in [-0.4, -0.2) is 22.8 Å². The predicted molar refractivity (Wildman–Crippen MR) is 48.4 cm³/mol. The lowest BCUT2D eigenvalue weighted by molar-refractivity contribution is -0.144. The van der Waals surface area contributed by atoms with Gasteiger partial charge in [-0.1, -0.05) is 0 Å². The van der Waals surface area contributed by atoms with Crippen molar-refractivity contribution < 1.29 is 23.8 Å². The smallest absolute Gasteiger partial charge is 0.316 e. The summed E-state index contributed by atoms with van der Waals surface area (Å²) in [5, 5.41) is 17.8. The van der Waals surface area contributed by atoms with Crippen LogP contribution in [0.25, 0.3) is 0 Å². The van der Waals surface area contributed by atoms with E-state index in [2.05, 4.69) is 0 Å². The van der Waals surface area contributed by atoms with E-state index in [-0.39, 0.29) is 5.56 Å². The Hall–Kier alpha value is -1.49. The number of benzene rings is 1. The van der Waals surface area contributed by atoms with Crippen molar-refractivity contribution in [2.45, 2.75) is 12.3 Å². The molecule has 3 nitrogen and oxygen atoms in total. The van der Waals surface area contributed by atoms with E-state index >= 15 is 0 Å². The highest BCUT2D eigenvalue weighted by atomic mass is 19.1. The summed E-state index contributed by atoms with van der Waals surface area (Å²) in [4.78, 5) is 10.9. The van der Waals surface area contributed by atoms with Crippen molar-refractivity contribution in [3.63, 3.8) is 0 Å². The average molecular weight is 216 g/mol. The molecule has 1 unspecified atom stereocenters. The molecule has 0 aromatic heterocycles. The SMILES string of the molecule is CC(CO)(C(=O)O)c1cc(F)ccc1F. The molecule has 1 atom stereocenters. The minimum absolute atomic E-state index is 0.363. The molecule has 2 N–H and O–H groups in total. The van der Waals surface area contributed by atoms with Gasteiger partial charge in [0, 0.05) is 5.56 Å². The molecule has 5 heteroatoms. The number of halogens is 2. The number of carboxylic acids is 1. The fourth-order valence-corrected chi connectivity index (χ4v) is 1.19. The molecular weight excluding hydrogens is 206 g/mol. The van der Waals surface area contributed by atoms with Crippen LogP contribution < -0.4 is 0 Å². The van der Waals surface area contributed by atoms with Gasteiger partial charge in [0.15, 0.2) is 0 Å². The van der Waals surface area contributed by atoms with Gasteiger partial charge in [0.25, 0.3) is 0 Å². The van der Waals surface area contributed by atoms with Gasteiger partial charge in [-0.3, -0.25) is 4.79 Å². The molecule has 0 aliphatic heterocycles. The third-order valence-corrected chi connectivity index (χ3v) is 2.31. The molecular formula is C10H10F2O3. The molecule has 1 aromatic rings. The first-order valence-electron chi connectivity index (χ1n) is 4.21. The summed E-state index contributed by atoms with van der Waals surface area (Å²) in [6.07, 6.45) is 0. The van der Waals surface area contributed by atoms with Gasteiger partial charge < -0.3 is 10.2 Å². The minimum atomic E-state index is -1.83. The summed E-state index contributed by atoms with van der Waals surface area (Å²) in [7, 11) is 0. The zero-order valence-electron chi connectivity index (χ0n) is 8.00. The zero-order valence-corrected chi connectivity index (χ0v) is 8.00. The number of aliphatic hydroxyl groups is 1. The topological polar surface area (TPSA) is 57.5 Å². The number of hydrogen-bond donors (Lipinski definition) is 2. The molecule has 0 amide bonds. The monoisotopic (exact) mass is 216 g/mol. The Balaban J connectivity index is 3.35. The fraction of sp³-hybridized carbons (Fsp3) is 0.300. The molecule has 0 saturated carbocycles. The van der Waals surface area contributed by atoms with E-state index in [4.69, 9.17) is 10.2 Å². The van der Waals surface area contributed by atoms with Gasteiger partial charge in [0.05, 0.1) is 6.61 Å². The molecule has 0 saturated heterocycles. The third kappa shape index (κ3) is 1.97. The van der Waals surface area contributed by atoms with Crippen LogP contribution in [0.1, 0.15) is 12.5 Å². The van der Waals surface area contributed by atoms with E-state index in [0.29, 0.717) is 0 Å². The molecule has 0 spiro atoms. The summed E-state index contributed by atoms with van der Waals surface area (Å²) in [6.45, 7) is 0.329. The van der Waals surface area contributed by atoms with Crippen molar-refractivity contribution >= 4 is 5.97 Å². The summed E-state index contributed by atoms with van der Waals surface area (Å²) >= 11 is 0. The Bertz CT molecular complexity index is 392. The highest BCUT2D eigenvalue weighted by Gasteiger charge is 2.37. The van der Waals surface area contributed by atoms with Crippen LogP contribution in [0.3, 0.4) is 0 Å². The number of carboxylic acid groups (broad SMARTS) is 1. The van der Waals surface area contributed by atoms with E-state index < -0.39 is 29.6 Å². The number of rotatable bonds is 3. The Labute approximate surface area is 85.0 Å². The molecule has 0 aliphatic rings. The molecule has 0 bridgehead atoms. The van der Waals surface area contributed by atoms with E-state index in [1.807, 2.05) is 0 Å². The highest BCUT2D eigenvalue weighted by molar-refractivity contribution is 5.81. The lowest BCUT2D eigenvalue weighted by Gasteiger charge is -2.22. The molecule has 1 aromatic carbocycles. The van der Waals surface area contributed by atoms with Gasteiger partial charge in [-0.05, 0) is 25.1 Å². The number of aliphatic carboxylic acids is 1. The van der Waals surface area contributed by atoms with E-state index in [0.717, 1.165) is 25.1 Å². The van der Waals surface area contributed by atoms with Crippen molar-refractivity contribution in [3.05, 3.63) is 35.4 Å². The second kappa shape index (κ2) is 3.94. The van der Waals surface area contributed by atoms with Crippen LogP contribution >= 0.6 is 0 Å². The largest absolute Gasteiger partial charge is 0.481 e. The Morgan fingerprint density at radius 1 is 1.47 bits per heavy atom. The van der Waals surface area contributed by atoms with Crippen molar-refractivity contribution in [1.82, 2.24) is 0 Å². The maximum atomic E-state index is 13.3. The number of hydrogen-bond acceptors (Lipinski definition) is 2. The summed E-state index contributed by atoms with van der Waals surface area (Å²) in [5.41, 5.74) is -2.19. The second-order valence-corrected chi connectivity index (χ2v) is 3.42. The number of carbonyl (C=O) groups is 1. The lowest BCUT2D eigenvalue weighted by atomic mass is 9.83. The van der Waals surface area contributed by atoms with Gasteiger partial charge in [0.2, 0.25) is 0 Å². The van der Waals surface area contributed by atoms with Crippen LogP contribution in [0.2, 0.25) is 0 Å². The van der Waals surface area contributed by atoms with E-state index in [9.17, 15) is 13.6 Å². The van der Waals surface area contributed by atoms with Crippen LogP contribution in [0.5, 0.6) is 0 Å². The Morgan fingerprint density at radius 2 is 2.07 bits per heavy atom. The quantitative estimate of drug-likeness (QED) is 0.800. The first kappa shape index (κ1) is 11.6. The number of aliphatic hydroxyl groups excluding tert-OH is 1. The molecule has 1 rings (SSSR count). The van der Waals surface area contributed by atoms with Gasteiger partial charge in [-0.15, -0.1) is 0 Å². The van der Waals surface area contributed by atoms with Gasteiger partial charge in [-0.25, -0.2) is 8.78 Å². The Kier molecular flexibility index (Phi) is 3.04. The normalized spacial score (nSPS) is 14.7. The molecule has 15 heavy (non-hydrogen) atoms. The molecule has 0 heterocycles. The van der Waals surface area contributed by atoms with Crippen molar-refractivity contribution in [1.29, 1.82) is 0 Å². The lowest BCUT2D eigenvalue weighted by Crippen LogP contribution is -2.37. The predicted octanol–water partition coefficient (Wildman–Crippen LogP) is 1.30. The summed E-state index contributed by atoms with van der Waals surface area (Å²) < 4.78 is 26.1. The molecule has 0 aliphatic carbocycles. The second-order valence-electron chi connectivity index (χ2n) is 3.42. The first-order valence-corrected chi connectivity index (χ1v) is 4.21. The first-order chi connectivity index (χ1) is 6.91. The summed E-state index contributed by atoms with van der Waals surface area (Å²) in [5.74, 6) is -3.00. The third-order valence-electron chi connectivity index (χ3n) is 2.31. The minimum Gasteiger partial charge on any atom is -0.481 e. The average Bonchev–Trinajstić information content (AvgIpc) is 2.20. The van der Waals surface area contributed by atoms with Crippen LogP contribution in [0, 0.1) is 11.6 Å². The van der Waals surface area contributed by atoms with E-state index in [1.54, 1.807) is 0 Å². The summed E-state index contributed by atoms with van der Waals surface area (Å²) in [6, 6.07) is 2.50. The fourth-order valence-electron chi connectivity index (χ4n) is 1.19. The molecule has 0 radical (unpaired) electrons. The van der Waals surface area contributed by atoms with Crippen molar-refractivity contribution in [3.8, 4) is 0 Å². The molecule has 0 fully saturated rings. The van der Waals surface area contributed by atoms with Crippen LogP contribution in [0.4, 0.5) is 8.78 Å². The van der Waals surface area contributed by atoms with Crippen LogP contribution in [-0.2, 0) is 10.2 Å². The van der Waals surface area contributed by atoms with Gasteiger partial charge >= 0.3 is 5.97 Å². The molecule has 82 valence electrons. The van der Waals surface area contributed by atoms with Gasteiger partial charge in [0.1, 0.15) is 17.0 Å². The maximum absolute atomic E-state index is 13.3. The van der Waals surface area contributed by atoms with E-state index in [1.165, 1.54) is 0 Å². The zero-order chi connectivity index (χ0) is 11.6.